The number of hydrogen-bond acceptors (Lipinski definition) is 4. The molecular formula is C20H33N3O3S. The van der Waals surface area contributed by atoms with Crippen LogP contribution in [0.5, 0.6) is 0 Å². The molecule has 0 radical (unpaired) electrons. The van der Waals surface area contributed by atoms with Crippen molar-refractivity contribution in [3.05, 3.63) is 29.8 Å². The van der Waals surface area contributed by atoms with E-state index < -0.39 is 10.0 Å². The summed E-state index contributed by atoms with van der Waals surface area (Å²) in [6, 6.07) is 6.36. The fourth-order valence-corrected chi connectivity index (χ4v) is 5.47. The fourth-order valence-electron chi connectivity index (χ4n) is 3.74. The Morgan fingerprint density at radius 1 is 1.26 bits per heavy atom. The maximum absolute atomic E-state index is 13.1. The molecule has 1 aromatic carbocycles. The maximum Gasteiger partial charge on any atom is 0.253 e. The van der Waals surface area contributed by atoms with Gasteiger partial charge in [-0.25, -0.2) is 8.42 Å². The Morgan fingerprint density at radius 2 is 1.85 bits per heavy atom. The molecular weight excluding hydrogens is 362 g/mol. The van der Waals surface area contributed by atoms with Crippen molar-refractivity contribution >= 4 is 15.9 Å². The summed E-state index contributed by atoms with van der Waals surface area (Å²) in [5.41, 5.74) is 5.94. The molecule has 0 aromatic heterocycles. The lowest BCUT2D eigenvalue weighted by Gasteiger charge is -2.34. The number of benzene rings is 1. The van der Waals surface area contributed by atoms with E-state index in [1.165, 1.54) is 6.07 Å². The van der Waals surface area contributed by atoms with E-state index in [0.717, 1.165) is 6.42 Å². The molecule has 6 nitrogen and oxygen atoms in total. The monoisotopic (exact) mass is 395 g/mol. The van der Waals surface area contributed by atoms with Gasteiger partial charge in [0.15, 0.2) is 0 Å². The molecule has 2 atom stereocenters. The van der Waals surface area contributed by atoms with Crippen molar-refractivity contribution in [3.63, 3.8) is 0 Å². The summed E-state index contributed by atoms with van der Waals surface area (Å²) in [5.74, 6) is 0.463. The minimum Gasteiger partial charge on any atom is -0.341 e. The summed E-state index contributed by atoms with van der Waals surface area (Å²) in [7, 11) is -1.89. The minimum absolute atomic E-state index is 0.182. The highest BCUT2D eigenvalue weighted by Gasteiger charge is 2.32. The second-order valence-corrected chi connectivity index (χ2v) is 10.8. The van der Waals surface area contributed by atoms with E-state index in [-0.39, 0.29) is 16.2 Å². The number of hydrogen-bond donors (Lipinski definition) is 1. The van der Waals surface area contributed by atoms with Crippen LogP contribution in [0.15, 0.2) is 29.2 Å². The van der Waals surface area contributed by atoms with Crippen LogP contribution < -0.4 is 5.73 Å². The number of nitrogens with zero attached hydrogens (tertiary/aromatic N) is 2. The van der Waals surface area contributed by atoms with Gasteiger partial charge in [0.2, 0.25) is 10.0 Å². The Kier molecular flexibility index (Phi) is 6.71. The summed E-state index contributed by atoms with van der Waals surface area (Å²) in [4.78, 5) is 14.6. The van der Waals surface area contributed by atoms with Gasteiger partial charge < -0.3 is 10.6 Å². The molecule has 2 rings (SSSR count). The van der Waals surface area contributed by atoms with Gasteiger partial charge in [-0.2, -0.15) is 4.31 Å². The normalized spacial score (nSPS) is 21.9. The number of carbonyl (C=O) groups is 1. The van der Waals surface area contributed by atoms with E-state index in [4.69, 9.17) is 5.73 Å². The molecule has 0 bridgehead atoms. The predicted octanol–water partition coefficient (Wildman–Crippen LogP) is 2.41. The minimum atomic E-state index is -3.61. The van der Waals surface area contributed by atoms with Gasteiger partial charge in [-0.1, -0.05) is 33.8 Å². The Bertz CT molecular complexity index is 766. The van der Waals surface area contributed by atoms with Crippen LogP contribution in [0, 0.1) is 17.3 Å². The van der Waals surface area contributed by atoms with Crippen LogP contribution in [0.3, 0.4) is 0 Å². The predicted molar refractivity (Wildman–Crippen MR) is 108 cm³/mol. The highest BCUT2D eigenvalue weighted by molar-refractivity contribution is 7.89. The molecule has 1 heterocycles. The van der Waals surface area contributed by atoms with Crippen LogP contribution in [0.25, 0.3) is 0 Å². The zero-order chi connectivity index (χ0) is 20.4. The van der Waals surface area contributed by atoms with Crippen LogP contribution >= 0.6 is 0 Å². The van der Waals surface area contributed by atoms with Crippen molar-refractivity contribution in [2.24, 2.45) is 23.0 Å². The zero-order valence-electron chi connectivity index (χ0n) is 17.1. The fraction of sp³-hybridized carbons (Fsp3) is 0.650. The van der Waals surface area contributed by atoms with Crippen molar-refractivity contribution in [1.82, 2.24) is 9.21 Å². The molecule has 27 heavy (non-hydrogen) atoms. The first-order valence-electron chi connectivity index (χ1n) is 9.52. The molecule has 1 fully saturated rings. The molecule has 1 aromatic rings. The van der Waals surface area contributed by atoms with Crippen molar-refractivity contribution < 1.29 is 13.2 Å². The maximum atomic E-state index is 13.1. The van der Waals surface area contributed by atoms with Crippen LogP contribution in [0.2, 0.25) is 0 Å². The van der Waals surface area contributed by atoms with Crippen molar-refractivity contribution in [2.75, 3.05) is 33.2 Å². The number of nitrogens with two attached hydrogens (primary N) is 1. The van der Waals surface area contributed by atoms with Gasteiger partial charge in [0.25, 0.3) is 5.91 Å². The topological polar surface area (TPSA) is 83.7 Å². The number of amides is 1. The summed E-state index contributed by atoms with van der Waals surface area (Å²) < 4.78 is 27.7. The molecule has 1 aliphatic rings. The summed E-state index contributed by atoms with van der Waals surface area (Å²) in [6.07, 6.45) is 1.03. The molecule has 1 amide bonds. The third-order valence-corrected chi connectivity index (χ3v) is 6.95. The standard InChI is InChI=1S/C20H33N3O3S/c1-15-9-16(2)12-23(11-15)27(25,26)18-8-6-7-17(10-18)19(24)22(5)14-20(3,4)13-21/h6-8,10,15-16H,9,11-14,21H2,1-5H3. The molecule has 152 valence electrons. The molecule has 2 N–H and O–H groups in total. The van der Waals surface area contributed by atoms with E-state index in [1.807, 2.05) is 13.8 Å². The molecule has 0 spiro atoms. The van der Waals surface area contributed by atoms with Crippen LogP contribution in [-0.2, 0) is 10.0 Å². The van der Waals surface area contributed by atoms with Crippen molar-refractivity contribution in [1.29, 1.82) is 0 Å². The lowest BCUT2D eigenvalue weighted by molar-refractivity contribution is 0.0740. The third kappa shape index (κ3) is 5.30. The van der Waals surface area contributed by atoms with E-state index in [2.05, 4.69) is 13.8 Å². The second-order valence-electron chi connectivity index (χ2n) is 8.83. The molecule has 1 aliphatic heterocycles. The first-order valence-corrected chi connectivity index (χ1v) is 11.0. The van der Waals surface area contributed by atoms with Gasteiger partial charge in [0.05, 0.1) is 4.90 Å². The summed E-state index contributed by atoms with van der Waals surface area (Å²) in [6.45, 7) is 10.2. The molecule has 1 saturated heterocycles. The Morgan fingerprint density at radius 3 is 2.41 bits per heavy atom. The van der Waals surface area contributed by atoms with Gasteiger partial charge in [-0.3, -0.25) is 4.79 Å². The number of sulfonamides is 1. The van der Waals surface area contributed by atoms with Crippen LogP contribution in [0.1, 0.15) is 44.5 Å². The molecule has 0 aliphatic carbocycles. The third-order valence-electron chi connectivity index (χ3n) is 5.12. The first-order chi connectivity index (χ1) is 12.5. The number of piperidine rings is 1. The highest BCUT2D eigenvalue weighted by Crippen LogP contribution is 2.27. The van der Waals surface area contributed by atoms with Crippen LogP contribution in [-0.4, -0.2) is 56.8 Å². The van der Waals surface area contributed by atoms with Gasteiger partial charge in [0, 0.05) is 32.2 Å². The smallest absolute Gasteiger partial charge is 0.253 e. The van der Waals surface area contributed by atoms with Gasteiger partial charge >= 0.3 is 0 Å². The van der Waals surface area contributed by atoms with E-state index in [1.54, 1.807) is 34.5 Å². The Hall–Kier alpha value is -1.44. The SMILES string of the molecule is CC1CC(C)CN(S(=O)(=O)c2cccc(C(=O)N(C)CC(C)(C)CN)c2)C1. The van der Waals surface area contributed by atoms with Crippen molar-refractivity contribution in [2.45, 2.75) is 39.0 Å². The van der Waals surface area contributed by atoms with E-state index in [0.29, 0.717) is 43.6 Å². The van der Waals surface area contributed by atoms with Gasteiger partial charge in [-0.05, 0) is 48.4 Å². The quantitative estimate of drug-likeness (QED) is 0.802. The second kappa shape index (κ2) is 8.29. The van der Waals surface area contributed by atoms with E-state index >= 15 is 0 Å². The molecule has 0 saturated carbocycles. The summed E-state index contributed by atoms with van der Waals surface area (Å²) in [5, 5.41) is 0. The van der Waals surface area contributed by atoms with Gasteiger partial charge in [-0.15, -0.1) is 0 Å². The molecule has 2 unspecified atom stereocenters. The number of rotatable bonds is 6. The highest BCUT2D eigenvalue weighted by atomic mass is 32.2. The Balaban J connectivity index is 2.25. The largest absolute Gasteiger partial charge is 0.341 e. The summed E-state index contributed by atoms with van der Waals surface area (Å²) >= 11 is 0. The average molecular weight is 396 g/mol. The Labute approximate surface area is 163 Å². The van der Waals surface area contributed by atoms with E-state index in [9.17, 15) is 13.2 Å². The lowest BCUT2D eigenvalue weighted by atomic mass is 9.93. The molecule has 7 heteroatoms. The average Bonchev–Trinajstić information content (AvgIpc) is 2.60. The zero-order valence-corrected chi connectivity index (χ0v) is 17.9. The lowest BCUT2D eigenvalue weighted by Crippen LogP contribution is -2.42. The van der Waals surface area contributed by atoms with Crippen LogP contribution in [0.4, 0.5) is 0 Å². The number of carbonyl (C=O) groups excluding carboxylic acids is 1. The van der Waals surface area contributed by atoms with Gasteiger partial charge in [0.1, 0.15) is 0 Å². The first kappa shape index (κ1) is 21.9. The van der Waals surface area contributed by atoms with Crippen molar-refractivity contribution in [3.8, 4) is 0 Å².